The van der Waals surface area contributed by atoms with Crippen molar-refractivity contribution in [3.8, 4) is 83.4 Å². The summed E-state index contributed by atoms with van der Waals surface area (Å²) < 4.78 is 24.9. The minimum Gasteiger partial charge on any atom is -0.481 e. The number of carbonyl (C=O) groups is 8. The lowest BCUT2D eigenvalue weighted by atomic mass is 9.76. The number of unbranched alkanes of at least 4 members (excludes halogenated alkanes) is 19. The Bertz CT molecular complexity index is 4980. The zero-order chi connectivity index (χ0) is 94.5. The monoisotopic (exact) mass is 1780 g/mol. The predicted molar refractivity (Wildman–Crippen MR) is 520 cm³/mol. The van der Waals surface area contributed by atoms with Crippen molar-refractivity contribution in [3.05, 3.63) is 251 Å². The topological polar surface area (TPSA) is 254 Å². The number of benzene rings is 7. The van der Waals surface area contributed by atoms with Crippen LogP contribution in [0, 0.1) is 83.4 Å². The van der Waals surface area contributed by atoms with E-state index < -0.39 is 45.5 Å². The highest BCUT2D eigenvalue weighted by Gasteiger charge is 2.47. The quantitative estimate of drug-likeness (QED) is 0.0125. The molecule has 0 radical (unpaired) electrons. The first-order valence-electron chi connectivity index (χ1n) is 47.6. The number of rotatable bonds is 35. The van der Waals surface area contributed by atoms with Gasteiger partial charge in [-0.2, -0.15) is 0 Å². The second-order valence-electron chi connectivity index (χ2n) is 34.7. The van der Waals surface area contributed by atoms with Gasteiger partial charge in [-0.1, -0.05) is 289 Å². The summed E-state index contributed by atoms with van der Waals surface area (Å²) in [6, 6.07) is 68.0. The lowest BCUT2D eigenvalue weighted by Crippen LogP contribution is -2.46. The molecule has 7 aromatic carbocycles. The van der Waals surface area contributed by atoms with Crippen LogP contribution < -0.4 is 0 Å². The van der Waals surface area contributed by atoms with Crippen LogP contribution in [0.3, 0.4) is 0 Å². The summed E-state index contributed by atoms with van der Waals surface area (Å²) in [5.74, 6) is 39.6. The molecule has 0 aromatic heterocycles. The molecule has 0 unspecified atom stereocenters. The molecule has 4 saturated carbocycles. The van der Waals surface area contributed by atoms with Gasteiger partial charge in [-0.15, -0.1) is 6.42 Å². The van der Waals surface area contributed by atoms with Crippen LogP contribution in [0.15, 0.2) is 212 Å². The third-order valence-corrected chi connectivity index (χ3v) is 23.7. The number of carbonyl (C=O) groups excluding carboxylic acids is 6. The van der Waals surface area contributed by atoms with Crippen LogP contribution in [0.5, 0.6) is 0 Å². The van der Waals surface area contributed by atoms with Gasteiger partial charge in [0.15, 0.2) is 16.8 Å². The Morgan fingerprint density at radius 2 is 0.477 bits per heavy atom. The molecule has 0 bridgehead atoms. The first kappa shape index (κ1) is 107. The van der Waals surface area contributed by atoms with E-state index in [1.54, 1.807) is 14.0 Å². The number of methoxy groups -OCH3 is 1. The highest BCUT2D eigenvalue weighted by molar-refractivity contribution is 5.92. The molecule has 4 N–H and O–H groups in total. The first-order valence-corrected chi connectivity index (χ1v) is 47.6. The number of Topliss-reactive ketones (excluding diaryl/α,β-unsaturated/α-hetero) is 3. The lowest BCUT2D eigenvalue weighted by Gasteiger charge is -2.40. The number of hydrogen-bond donors (Lipinski definition) is 4. The molecule has 4 aliphatic rings. The number of aliphatic hydroxyl groups is 2. The van der Waals surface area contributed by atoms with Crippen molar-refractivity contribution in [3.63, 3.8) is 0 Å². The largest absolute Gasteiger partial charge is 0.481 e. The van der Waals surface area contributed by atoms with Crippen molar-refractivity contribution in [2.45, 2.75) is 323 Å². The van der Waals surface area contributed by atoms with Crippen molar-refractivity contribution in [1.29, 1.82) is 0 Å². The molecule has 11 rings (SSSR count). The summed E-state index contributed by atoms with van der Waals surface area (Å²) >= 11 is 0. The summed E-state index contributed by atoms with van der Waals surface area (Å²) in [6.45, 7) is 1.65. The van der Waals surface area contributed by atoms with Gasteiger partial charge in [0.2, 0.25) is 0 Å². The molecule has 0 atom stereocenters. The van der Waals surface area contributed by atoms with Crippen LogP contribution in [0.25, 0.3) is 0 Å². The van der Waals surface area contributed by atoms with E-state index in [0.717, 1.165) is 180 Å². The number of hydrogen-bond acceptors (Lipinski definition) is 14. The van der Waals surface area contributed by atoms with Crippen LogP contribution in [0.4, 0.5) is 0 Å². The predicted octanol–water partition coefficient (Wildman–Crippen LogP) is 22.7. The summed E-state index contributed by atoms with van der Waals surface area (Å²) in [5, 5.41) is 37.9. The van der Waals surface area contributed by atoms with Gasteiger partial charge in [0.25, 0.3) is 0 Å². The molecule has 16 nitrogen and oxygen atoms in total. The summed E-state index contributed by atoms with van der Waals surface area (Å²) in [6.07, 6.45) is 35.7. The second kappa shape index (κ2) is 60.6. The van der Waals surface area contributed by atoms with Crippen LogP contribution in [-0.4, -0.2) is 108 Å². The van der Waals surface area contributed by atoms with Crippen molar-refractivity contribution in [1.82, 2.24) is 0 Å². The maximum atomic E-state index is 13.6. The van der Waals surface area contributed by atoms with Gasteiger partial charge >= 0.3 is 29.8 Å². The van der Waals surface area contributed by atoms with E-state index >= 15 is 0 Å². The van der Waals surface area contributed by atoms with Gasteiger partial charge in [-0.05, 0) is 187 Å². The minimum atomic E-state index is -1.05. The Morgan fingerprint density at radius 3 is 0.689 bits per heavy atom. The lowest BCUT2D eigenvalue weighted by molar-refractivity contribution is -0.169. The van der Waals surface area contributed by atoms with Crippen LogP contribution >= 0.6 is 0 Å². The standard InChI is InChI=1S/C70H82O8.C22H20O2.C10H18O4.C8H6.C6H8O2/c1-59(71)31-19-11-7-3-4-8-12-29-41-65(73)77-69(49-45-62-36-24-17-25-37-62)55-57-70(58-56-69,50-46-63-38-26-18-27-39-63)78-66(74)42-30-14-10-6-5-9-13-28-40-64(72)76-68(48-44-61-34-22-16-23-35-61)53-51-67(75-2,52-54-68)47-43-60-32-20-15-21-33-60;23-21(13-11-19-7-3-1-4-8-19)15-17-22(24,18-16-21)14-12-20-9-5-2-6-10-20;11-9(12)7-5-3-1-2-4-6-8-10(13)14;1-2-8-6-4-3-5-7-8;7-5-1-2-6(8)4-3-5/h15-18,20-27,32-39H,3-14,19,28-31,40-42,51-58H2,1-2H3;1-10,23-24H,15-18H2;1-8H2,(H,11,12)(H,13,14);1,3-7H;1-4H2. The Balaban J connectivity index is 0.000000348. The van der Waals surface area contributed by atoms with Crippen LogP contribution in [-0.2, 0) is 57.3 Å². The van der Waals surface area contributed by atoms with Gasteiger partial charge < -0.3 is 44.2 Å². The first-order chi connectivity index (χ1) is 63.9. The fourth-order valence-electron chi connectivity index (χ4n) is 15.5. The van der Waals surface area contributed by atoms with E-state index in [-0.39, 0.29) is 48.1 Å². The Hall–Kier alpha value is -12.3. The average molecular weight is 1780 g/mol. The SMILES string of the molecule is C#Cc1ccccc1.COC1(C#Cc2ccccc2)CCC(C#Cc2ccccc2)(OC(=O)CCCCCCCCCCC(=O)OC2(C#Cc3ccccc3)CCC(C#Cc3ccccc3)(OC(=O)CCCCCCCCCCC(C)=O)CC2)CC1.O=C(O)CCCCCCCCC(=O)O.O=C1CCC(=O)CC1.OC1(C#Cc2ccccc2)CCC(O)(C#Cc2ccccc2)CC1. The fourth-order valence-corrected chi connectivity index (χ4v) is 15.5. The van der Waals surface area contributed by atoms with E-state index in [1.165, 1.54) is 0 Å². The van der Waals surface area contributed by atoms with Crippen molar-refractivity contribution < 1.29 is 77.7 Å². The highest BCUT2D eigenvalue weighted by Crippen LogP contribution is 2.42. The zero-order valence-electron chi connectivity index (χ0n) is 77.6. The Labute approximate surface area is 785 Å². The summed E-state index contributed by atoms with van der Waals surface area (Å²) in [4.78, 5) is 92.9. The minimum absolute atomic E-state index is 0.219. The number of carboxylic acids is 2. The molecular formula is C116H134O16. The Morgan fingerprint density at radius 1 is 0.280 bits per heavy atom. The third-order valence-electron chi connectivity index (χ3n) is 23.7. The molecule has 0 spiro atoms. The molecule has 0 amide bonds. The van der Waals surface area contributed by atoms with Gasteiger partial charge in [0.05, 0.1) is 0 Å². The molecule has 7 aromatic rings. The maximum absolute atomic E-state index is 13.6. The van der Waals surface area contributed by atoms with Crippen LogP contribution in [0.2, 0.25) is 0 Å². The third kappa shape index (κ3) is 45.0. The number of ketones is 3. The fraction of sp³-hybridized carbons (Fsp3) is 0.448. The summed E-state index contributed by atoms with van der Waals surface area (Å²) in [7, 11) is 1.70. The van der Waals surface area contributed by atoms with Crippen molar-refractivity contribution in [2.24, 2.45) is 0 Å². The second-order valence-corrected chi connectivity index (χ2v) is 34.7. The summed E-state index contributed by atoms with van der Waals surface area (Å²) in [5.41, 5.74) is 0.533. The maximum Gasteiger partial charge on any atom is 0.307 e. The smallest absolute Gasteiger partial charge is 0.307 e. The number of esters is 3. The van der Waals surface area contributed by atoms with E-state index in [1.807, 2.05) is 212 Å². The van der Waals surface area contributed by atoms with E-state index in [0.29, 0.717) is 128 Å². The molecule has 4 fully saturated rings. The molecule has 0 heterocycles. The molecule has 694 valence electrons. The average Bonchev–Trinajstić information content (AvgIpc) is 0.810. The number of ether oxygens (including phenoxy) is 4. The molecular weight excluding hydrogens is 1650 g/mol. The van der Waals surface area contributed by atoms with E-state index in [4.69, 9.17) is 35.6 Å². The molecule has 0 aliphatic heterocycles. The number of carboxylic acid groups (broad SMARTS) is 2. The molecule has 132 heavy (non-hydrogen) atoms. The van der Waals surface area contributed by atoms with Crippen molar-refractivity contribution in [2.75, 3.05) is 7.11 Å². The molecule has 4 aliphatic carbocycles. The van der Waals surface area contributed by atoms with E-state index in [9.17, 15) is 48.6 Å². The highest BCUT2D eigenvalue weighted by atomic mass is 16.6. The number of terminal acetylenes is 1. The molecule has 0 saturated heterocycles. The van der Waals surface area contributed by atoms with E-state index in [2.05, 4.69) is 77.0 Å². The molecule has 16 heteroatoms. The van der Waals surface area contributed by atoms with Crippen molar-refractivity contribution >= 4 is 47.2 Å². The van der Waals surface area contributed by atoms with Gasteiger partial charge in [0.1, 0.15) is 34.2 Å². The van der Waals surface area contributed by atoms with Gasteiger partial charge in [-0.25, -0.2) is 0 Å². The zero-order valence-corrected chi connectivity index (χ0v) is 77.6. The Kier molecular flexibility index (Phi) is 49.0. The van der Waals surface area contributed by atoms with Gasteiger partial charge in [0, 0.05) is 149 Å². The number of aliphatic carboxylic acids is 2. The van der Waals surface area contributed by atoms with Gasteiger partial charge in [-0.3, -0.25) is 33.6 Å². The normalized spacial score (nSPS) is 19.5. The van der Waals surface area contributed by atoms with Crippen LogP contribution in [0.1, 0.15) is 328 Å².